The summed E-state index contributed by atoms with van der Waals surface area (Å²) in [6.07, 6.45) is 0. The van der Waals surface area contributed by atoms with E-state index in [9.17, 15) is 0 Å². The fourth-order valence-corrected chi connectivity index (χ4v) is 0.384. The lowest BCUT2D eigenvalue weighted by atomic mass is 10.6. The molecule has 0 bridgehead atoms. The third-order valence-electron chi connectivity index (χ3n) is 0.779. The van der Waals surface area contributed by atoms with E-state index in [0.717, 1.165) is 0 Å². The quantitative estimate of drug-likeness (QED) is 0.195. The van der Waals surface area contributed by atoms with Crippen LogP contribution in [0.3, 0.4) is 0 Å². The minimum absolute atomic E-state index is 0.0278. The van der Waals surface area contributed by atoms with Gasteiger partial charge in [0.15, 0.2) is 0 Å². The monoisotopic (exact) mass is 143 g/mol. The molecule has 7 nitrogen and oxygen atoms in total. The Morgan fingerprint density at radius 3 is 2.80 bits per heavy atom. The summed E-state index contributed by atoms with van der Waals surface area (Å²) in [6.45, 7) is 0. The predicted molar refractivity (Wildman–Crippen MR) is 31.2 cm³/mol. The highest BCUT2D eigenvalue weighted by molar-refractivity contribution is 5.93. The first kappa shape index (κ1) is 6.33. The van der Waals surface area contributed by atoms with Crippen molar-refractivity contribution in [1.82, 2.24) is 10.1 Å². The van der Waals surface area contributed by atoms with Gasteiger partial charge in [-0.1, -0.05) is 10.3 Å². The van der Waals surface area contributed by atoms with Crippen molar-refractivity contribution in [3.8, 4) is 0 Å². The Hall–Kier alpha value is -1.79. The molecule has 0 spiro atoms. The Labute approximate surface area is 55.3 Å². The highest BCUT2D eigenvalue weighted by atomic mass is 16.5. The van der Waals surface area contributed by atoms with E-state index in [2.05, 4.69) is 19.8 Å². The van der Waals surface area contributed by atoms with Gasteiger partial charge in [0.25, 0.3) is 0 Å². The number of nitrogens with zero attached hydrogens (tertiary/aromatic N) is 3. The number of anilines is 1. The molecule has 1 aromatic heterocycles. The topological polar surface area (TPSA) is 124 Å². The normalized spacial score (nSPS) is 11.8. The Kier molecular flexibility index (Phi) is 1.40. The van der Waals surface area contributed by atoms with Crippen molar-refractivity contribution < 1.29 is 9.73 Å². The summed E-state index contributed by atoms with van der Waals surface area (Å²) in [5, 5.41) is 14.0. The van der Waals surface area contributed by atoms with Gasteiger partial charge in [-0.05, 0) is 0 Å². The Morgan fingerprint density at radius 2 is 2.40 bits per heavy atom. The molecule has 0 fully saturated rings. The molecule has 10 heavy (non-hydrogen) atoms. The second-order valence-corrected chi connectivity index (χ2v) is 1.44. The Morgan fingerprint density at radius 1 is 1.70 bits per heavy atom. The van der Waals surface area contributed by atoms with E-state index in [1.165, 1.54) is 0 Å². The molecule has 0 atom stereocenters. The lowest BCUT2D eigenvalue weighted by Gasteiger charge is -1.83. The lowest BCUT2D eigenvalue weighted by Crippen LogP contribution is -2.14. The SMILES string of the molecule is N/C(=N/O)c1noc(N)n1. The van der Waals surface area contributed by atoms with Gasteiger partial charge in [0.1, 0.15) is 0 Å². The van der Waals surface area contributed by atoms with Crippen molar-refractivity contribution in [3.05, 3.63) is 5.82 Å². The molecule has 1 heterocycles. The molecule has 0 aromatic carbocycles. The van der Waals surface area contributed by atoms with E-state index in [1.54, 1.807) is 0 Å². The molecule has 0 saturated carbocycles. The van der Waals surface area contributed by atoms with Gasteiger partial charge in [0.05, 0.1) is 0 Å². The summed E-state index contributed by atoms with van der Waals surface area (Å²) in [5.41, 5.74) is 10.1. The molecule has 0 aliphatic carbocycles. The number of amidine groups is 1. The summed E-state index contributed by atoms with van der Waals surface area (Å²) in [4.78, 5) is 3.47. The molecule has 0 radical (unpaired) electrons. The molecular formula is C3H5N5O2. The maximum Gasteiger partial charge on any atom is 0.319 e. The average molecular weight is 143 g/mol. The van der Waals surface area contributed by atoms with Crippen LogP contribution in [-0.2, 0) is 0 Å². The van der Waals surface area contributed by atoms with E-state index in [4.69, 9.17) is 16.7 Å². The largest absolute Gasteiger partial charge is 0.409 e. The molecule has 0 unspecified atom stereocenters. The standard InChI is InChI=1S/C3H5N5O2/c4-1(7-9)2-6-3(5)10-8-2/h9H,(H2,4,7)(H2,5,6,8). The highest BCUT2D eigenvalue weighted by Crippen LogP contribution is 1.95. The number of oxime groups is 1. The van der Waals surface area contributed by atoms with Gasteiger partial charge in [-0.25, -0.2) is 0 Å². The zero-order chi connectivity index (χ0) is 7.56. The van der Waals surface area contributed by atoms with Crippen LogP contribution >= 0.6 is 0 Å². The van der Waals surface area contributed by atoms with Crippen LogP contribution in [-0.4, -0.2) is 21.2 Å². The van der Waals surface area contributed by atoms with Crippen LogP contribution in [0.1, 0.15) is 5.82 Å². The predicted octanol–water partition coefficient (Wildman–Crippen LogP) is -1.25. The van der Waals surface area contributed by atoms with Crippen LogP contribution in [0.5, 0.6) is 0 Å². The molecular weight excluding hydrogens is 138 g/mol. The first-order valence-corrected chi connectivity index (χ1v) is 2.31. The Bertz CT molecular complexity index is 253. The summed E-state index contributed by atoms with van der Waals surface area (Å²) >= 11 is 0. The number of nitrogens with two attached hydrogens (primary N) is 2. The van der Waals surface area contributed by atoms with E-state index in [0.29, 0.717) is 0 Å². The van der Waals surface area contributed by atoms with Gasteiger partial charge in [0.2, 0.25) is 11.7 Å². The van der Waals surface area contributed by atoms with Crippen LogP contribution in [0.4, 0.5) is 6.01 Å². The maximum absolute atomic E-state index is 8.10. The molecule has 0 amide bonds. The molecule has 1 rings (SSSR count). The number of hydrogen-bond donors (Lipinski definition) is 3. The minimum atomic E-state index is -0.236. The van der Waals surface area contributed by atoms with E-state index in [1.807, 2.05) is 0 Å². The smallest absolute Gasteiger partial charge is 0.319 e. The van der Waals surface area contributed by atoms with Crippen molar-refractivity contribution in [2.75, 3.05) is 5.73 Å². The fourth-order valence-electron chi connectivity index (χ4n) is 0.384. The third kappa shape index (κ3) is 0.966. The first-order valence-electron chi connectivity index (χ1n) is 2.31. The summed E-state index contributed by atoms with van der Waals surface area (Å²) in [6, 6.07) is -0.124. The van der Waals surface area contributed by atoms with Crippen molar-refractivity contribution in [1.29, 1.82) is 0 Å². The van der Waals surface area contributed by atoms with Crippen molar-refractivity contribution in [3.63, 3.8) is 0 Å². The summed E-state index contributed by atoms with van der Waals surface area (Å²) in [5.74, 6) is -0.263. The first-order chi connectivity index (χ1) is 4.74. The molecule has 0 aliphatic heterocycles. The third-order valence-corrected chi connectivity index (χ3v) is 0.779. The van der Waals surface area contributed by atoms with E-state index in [-0.39, 0.29) is 17.7 Å². The number of aromatic nitrogens is 2. The number of hydrogen-bond acceptors (Lipinski definition) is 6. The molecule has 54 valence electrons. The van der Waals surface area contributed by atoms with Crippen molar-refractivity contribution in [2.45, 2.75) is 0 Å². The van der Waals surface area contributed by atoms with Gasteiger partial charge < -0.3 is 21.2 Å². The molecule has 1 aromatic rings. The van der Waals surface area contributed by atoms with Crippen molar-refractivity contribution >= 4 is 11.9 Å². The van der Waals surface area contributed by atoms with Gasteiger partial charge in [-0.3, -0.25) is 0 Å². The van der Waals surface area contributed by atoms with Gasteiger partial charge in [-0.2, -0.15) is 4.98 Å². The van der Waals surface area contributed by atoms with Gasteiger partial charge in [-0.15, -0.1) is 0 Å². The van der Waals surface area contributed by atoms with Crippen LogP contribution < -0.4 is 11.5 Å². The second-order valence-electron chi connectivity index (χ2n) is 1.44. The van der Waals surface area contributed by atoms with Crippen LogP contribution in [0.2, 0.25) is 0 Å². The maximum atomic E-state index is 8.10. The van der Waals surface area contributed by atoms with Crippen molar-refractivity contribution in [2.24, 2.45) is 10.9 Å². The van der Waals surface area contributed by atoms with E-state index >= 15 is 0 Å². The number of nitrogen functional groups attached to an aromatic ring is 1. The van der Waals surface area contributed by atoms with E-state index < -0.39 is 0 Å². The van der Waals surface area contributed by atoms with Crippen LogP contribution in [0.15, 0.2) is 9.68 Å². The van der Waals surface area contributed by atoms with Crippen LogP contribution in [0, 0.1) is 0 Å². The summed E-state index contributed by atoms with van der Waals surface area (Å²) in [7, 11) is 0. The van der Waals surface area contributed by atoms with Gasteiger partial charge >= 0.3 is 6.01 Å². The Balaban J connectivity index is 2.95. The highest BCUT2D eigenvalue weighted by Gasteiger charge is 2.06. The molecule has 0 aliphatic rings. The number of rotatable bonds is 1. The molecule has 0 saturated heterocycles. The second kappa shape index (κ2) is 2.21. The zero-order valence-corrected chi connectivity index (χ0v) is 4.85. The van der Waals surface area contributed by atoms with Crippen LogP contribution in [0.25, 0.3) is 0 Å². The molecule has 5 N–H and O–H groups in total. The minimum Gasteiger partial charge on any atom is -0.409 e. The zero-order valence-electron chi connectivity index (χ0n) is 4.85. The lowest BCUT2D eigenvalue weighted by molar-refractivity contribution is 0.318. The molecule has 7 heteroatoms. The fraction of sp³-hybridized carbons (Fsp3) is 0. The summed E-state index contributed by atoms with van der Waals surface area (Å²) < 4.78 is 4.33. The van der Waals surface area contributed by atoms with Gasteiger partial charge in [0, 0.05) is 0 Å². The average Bonchev–Trinajstić information content (AvgIpc) is 2.34.